The number of carbonyl (C=O) groups excluding carboxylic acids is 3. The lowest BCUT2D eigenvalue weighted by atomic mass is 10.1. The molecule has 1 saturated heterocycles. The van der Waals surface area contributed by atoms with Gasteiger partial charge in [0.2, 0.25) is 5.91 Å². The Labute approximate surface area is 172 Å². The van der Waals surface area contributed by atoms with Gasteiger partial charge in [0.05, 0.1) is 6.61 Å². The van der Waals surface area contributed by atoms with Crippen LogP contribution in [0.15, 0.2) is 24.3 Å². The van der Waals surface area contributed by atoms with Crippen LogP contribution in [0.2, 0.25) is 0 Å². The fourth-order valence-corrected chi connectivity index (χ4v) is 3.47. The SMILES string of the molecule is CC(C)COC(=O)N1CCCN(C(=O)c2cccc(NC(=O)C3CC3C)c2)CC1. The normalized spacial score (nSPS) is 21.5. The highest BCUT2D eigenvalue weighted by Gasteiger charge is 2.39. The molecule has 1 aromatic carbocycles. The first-order valence-electron chi connectivity index (χ1n) is 10.5. The quantitative estimate of drug-likeness (QED) is 0.822. The van der Waals surface area contributed by atoms with Gasteiger partial charge in [0, 0.05) is 43.3 Å². The summed E-state index contributed by atoms with van der Waals surface area (Å²) in [4.78, 5) is 40.7. The second-order valence-corrected chi connectivity index (χ2v) is 8.49. The van der Waals surface area contributed by atoms with Crippen LogP contribution < -0.4 is 5.32 Å². The van der Waals surface area contributed by atoms with E-state index in [2.05, 4.69) is 12.2 Å². The number of hydrogen-bond acceptors (Lipinski definition) is 4. The van der Waals surface area contributed by atoms with E-state index in [1.165, 1.54) is 0 Å². The molecule has 0 bridgehead atoms. The number of ether oxygens (including phenoxy) is 1. The molecule has 1 aliphatic carbocycles. The molecule has 1 N–H and O–H groups in total. The molecule has 0 spiro atoms. The summed E-state index contributed by atoms with van der Waals surface area (Å²) in [6.45, 7) is 8.54. The highest BCUT2D eigenvalue weighted by Crippen LogP contribution is 2.38. The Hall–Kier alpha value is -2.57. The van der Waals surface area contributed by atoms with Crippen molar-refractivity contribution in [2.45, 2.75) is 33.6 Å². The van der Waals surface area contributed by atoms with E-state index in [-0.39, 0.29) is 23.8 Å². The lowest BCUT2D eigenvalue weighted by Crippen LogP contribution is -2.38. The maximum Gasteiger partial charge on any atom is 0.409 e. The lowest BCUT2D eigenvalue weighted by Gasteiger charge is -2.22. The predicted molar refractivity (Wildman–Crippen MR) is 111 cm³/mol. The molecule has 7 nitrogen and oxygen atoms in total. The van der Waals surface area contributed by atoms with Gasteiger partial charge in [0.25, 0.3) is 5.91 Å². The fourth-order valence-electron chi connectivity index (χ4n) is 3.47. The van der Waals surface area contributed by atoms with E-state index in [4.69, 9.17) is 4.74 Å². The zero-order valence-electron chi connectivity index (χ0n) is 17.5. The smallest absolute Gasteiger partial charge is 0.409 e. The predicted octanol–water partition coefficient (Wildman–Crippen LogP) is 3.22. The molecule has 0 radical (unpaired) electrons. The summed E-state index contributed by atoms with van der Waals surface area (Å²) in [7, 11) is 0. The molecular formula is C22H31N3O4. The highest BCUT2D eigenvalue weighted by atomic mass is 16.6. The Morgan fingerprint density at radius 1 is 1.14 bits per heavy atom. The van der Waals surface area contributed by atoms with Crippen LogP contribution in [-0.2, 0) is 9.53 Å². The Balaban J connectivity index is 1.57. The van der Waals surface area contributed by atoms with Crippen LogP contribution in [0.5, 0.6) is 0 Å². The van der Waals surface area contributed by atoms with Crippen LogP contribution in [0.3, 0.4) is 0 Å². The van der Waals surface area contributed by atoms with Crippen molar-refractivity contribution in [3.8, 4) is 0 Å². The van der Waals surface area contributed by atoms with Gasteiger partial charge < -0.3 is 19.9 Å². The van der Waals surface area contributed by atoms with E-state index in [1.54, 1.807) is 34.1 Å². The van der Waals surface area contributed by atoms with E-state index in [0.29, 0.717) is 62.3 Å². The van der Waals surface area contributed by atoms with Crippen molar-refractivity contribution < 1.29 is 19.1 Å². The number of benzene rings is 1. The van der Waals surface area contributed by atoms with Gasteiger partial charge in [-0.3, -0.25) is 9.59 Å². The molecule has 29 heavy (non-hydrogen) atoms. The molecule has 1 heterocycles. The highest BCUT2D eigenvalue weighted by molar-refractivity contribution is 5.98. The van der Waals surface area contributed by atoms with Crippen LogP contribution in [0.25, 0.3) is 0 Å². The number of carbonyl (C=O) groups is 3. The number of hydrogen-bond donors (Lipinski definition) is 1. The topological polar surface area (TPSA) is 79.0 Å². The molecule has 2 aliphatic rings. The second-order valence-electron chi connectivity index (χ2n) is 8.49. The third-order valence-electron chi connectivity index (χ3n) is 5.40. The lowest BCUT2D eigenvalue weighted by molar-refractivity contribution is -0.117. The minimum absolute atomic E-state index is 0.0208. The first-order valence-corrected chi connectivity index (χ1v) is 10.5. The van der Waals surface area contributed by atoms with Crippen molar-refractivity contribution in [3.05, 3.63) is 29.8 Å². The summed E-state index contributed by atoms with van der Waals surface area (Å²) in [6, 6.07) is 7.08. The Bertz CT molecular complexity index is 764. The molecule has 1 aromatic rings. The van der Waals surface area contributed by atoms with E-state index >= 15 is 0 Å². The molecular weight excluding hydrogens is 370 g/mol. The Morgan fingerprint density at radius 2 is 1.83 bits per heavy atom. The summed E-state index contributed by atoms with van der Waals surface area (Å²) in [5, 5.41) is 2.91. The molecule has 2 atom stereocenters. The van der Waals surface area contributed by atoms with Crippen LogP contribution in [0.4, 0.5) is 10.5 Å². The molecule has 1 saturated carbocycles. The first kappa shape index (κ1) is 21.1. The number of anilines is 1. The minimum Gasteiger partial charge on any atom is -0.449 e. The molecule has 2 unspecified atom stereocenters. The van der Waals surface area contributed by atoms with Crippen molar-refractivity contribution in [1.82, 2.24) is 9.80 Å². The largest absolute Gasteiger partial charge is 0.449 e. The third kappa shape index (κ3) is 5.71. The minimum atomic E-state index is -0.313. The molecule has 2 fully saturated rings. The van der Waals surface area contributed by atoms with Gasteiger partial charge in [-0.1, -0.05) is 26.8 Å². The molecule has 1 aliphatic heterocycles. The van der Waals surface area contributed by atoms with E-state index in [1.807, 2.05) is 13.8 Å². The molecule has 0 aromatic heterocycles. The van der Waals surface area contributed by atoms with Crippen molar-refractivity contribution in [1.29, 1.82) is 0 Å². The molecule has 3 amide bonds. The fraction of sp³-hybridized carbons (Fsp3) is 0.591. The summed E-state index contributed by atoms with van der Waals surface area (Å²) >= 11 is 0. The maximum atomic E-state index is 13.0. The molecule has 158 valence electrons. The first-order chi connectivity index (χ1) is 13.8. The summed E-state index contributed by atoms with van der Waals surface area (Å²) < 4.78 is 5.31. The van der Waals surface area contributed by atoms with Gasteiger partial charge in [-0.2, -0.15) is 0 Å². The average Bonchev–Trinajstić information content (AvgIpc) is 3.47. The van der Waals surface area contributed by atoms with Crippen molar-refractivity contribution in [3.63, 3.8) is 0 Å². The van der Waals surface area contributed by atoms with Crippen molar-refractivity contribution in [2.75, 3.05) is 38.1 Å². The van der Waals surface area contributed by atoms with Gasteiger partial charge >= 0.3 is 6.09 Å². The van der Waals surface area contributed by atoms with Gasteiger partial charge in [0.1, 0.15) is 0 Å². The zero-order chi connectivity index (χ0) is 21.0. The number of nitrogens with zero attached hydrogens (tertiary/aromatic N) is 2. The average molecular weight is 402 g/mol. The molecule has 7 heteroatoms. The molecule has 3 rings (SSSR count). The van der Waals surface area contributed by atoms with Gasteiger partial charge in [0.15, 0.2) is 0 Å². The van der Waals surface area contributed by atoms with E-state index in [0.717, 1.165) is 6.42 Å². The number of rotatable bonds is 5. The summed E-state index contributed by atoms with van der Waals surface area (Å²) in [5.41, 5.74) is 1.19. The number of nitrogens with one attached hydrogen (secondary N) is 1. The van der Waals surface area contributed by atoms with Crippen molar-refractivity contribution >= 4 is 23.6 Å². The third-order valence-corrected chi connectivity index (χ3v) is 5.40. The van der Waals surface area contributed by atoms with Gasteiger partial charge in [-0.25, -0.2) is 4.79 Å². The van der Waals surface area contributed by atoms with E-state index in [9.17, 15) is 14.4 Å². The van der Waals surface area contributed by atoms with Gasteiger partial charge in [-0.05, 0) is 42.9 Å². The van der Waals surface area contributed by atoms with E-state index < -0.39 is 0 Å². The number of amides is 3. The van der Waals surface area contributed by atoms with Crippen LogP contribution >= 0.6 is 0 Å². The second kappa shape index (κ2) is 9.29. The zero-order valence-corrected chi connectivity index (χ0v) is 17.5. The Kier molecular flexibility index (Phi) is 6.77. The summed E-state index contributed by atoms with van der Waals surface area (Å²) in [6.07, 6.45) is 1.32. The van der Waals surface area contributed by atoms with Crippen LogP contribution in [0.1, 0.15) is 44.0 Å². The maximum absolute atomic E-state index is 13.0. The Morgan fingerprint density at radius 3 is 2.52 bits per heavy atom. The van der Waals surface area contributed by atoms with Crippen LogP contribution in [0, 0.1) is 17.8 Å². The summed E-state index contributed by atoms with van der Waals surface area (Å²) in [5.74, 6) is 0.749. The monoisotopic (exact) mass is 401 g/mol. The van der Waals surface area contributed by atoms with Crippen LogP contribution in [-0.4, -0.2) is 60.5 Å². The van der Waals surface area contributed by atoms with Gasteiger partial charge in [-0.15, -0.1) is 0 Å². The van der Waals surface area contributed by atoms with Crippen molar-refractivity contribution in [2.24, 2.45) is 17.8 Å². The standard InChI is InChI=1S/C22H31N3O4/c1-15(2)14-29-22(28)25-9-5-8-24(10-11-25)21(27)17-6-4-7-18(13-17)23-20(26)19-12-16(19)3/h4,6-7,13,15-16,19H,5,8-12,14H2,1-3H3,(H,23,26).